The summed E-state index contributed by atoms with van der Waals surface area (Å²) in [6, 6.07) is 33.4. The first kappa shape index (κ1) is 23.1. The maximum Gasteiger partial charge on any atom is 0.0907 e. The van der Waals surface area contributed by atoms with Crippen molar-refractivity contribution >= 4 is 11.8 Å². The highest BCUT2D eigenvalue weighted by molar-refractivity contribution is 8.00. The van der Waals surface area contributed by atoms with E-state index in [4.69, 9.17) is 5.73 Å². The van der Waals surface area contributed by atoms with Crippen molar-refractivity contribution in [3.8, 4) is 0 Å². The number of hydrogen-bond acceptors (Lipinski definition) is 3. The van der Waals surface area contributed by atoms with Crippen molar-refractivity contribution in [2.45, 2.75) is 55.4 Å². The molecule has 3 heteroatoms. The van der Waals surface area contributed by atoms with Gasteiger partial charge in [-0.3, -0.25) is 0 Å². The Morgan fingerprint density at radius 2 is 1.16 bits per heavy atom. The van der Waals surface area contributed by atoms with E-state index in [1.165, 1.54) is 55.2 Å². The number of thioether (sulfide) groups is 1. The van der Waals surface area contributed by atoms with E-state index in [9.17, 15) is 0 Å². The summed E-state index contributed by atoms with van der Waals surface area (Å²) in [6.45, 7) is 0.881. The average molecular weight is 445 g/mol. The largest absolute Gasteiger partial charge is 0.326 e. The zero-order valence-electron chi connectivity index (χ0n) is 19.0. The summed E-state index contributed by atoms with van der Waals surface area (Å²) in [6.07, 6.45) is 8.05. The van der Waals surface area contributed by atoms with Gasteiger partial charge in [-0.05, 0) is 29.5 Å². The maximum atomic E-state index is 6.69. The van der Waals surface area contributed by atoms with Gasteiger partial charge >= 0.3 is 0 Å². The minimum atomic E-state index is -0.288. The van der Waals surface area contributed by atoms with Crippen LogP contribution in [-0.4, -0.2) is 24.4 Å². The fourth-order valence-corrected chi connectivity index (χ4v) is 6.35. The van der Waals surface area contributed by atoms with E-state index in [1.54, 1.807) is 0 Å². The molecule has 3 aromatic rings. The third-order valence-electron chi connectivity index (χ3n) is 6.58. The lowest BCUT2D eigenvalue weighted by Gasteiger charge is -2.36. The molecule has 1 aliphatic carbocycles. The summed E-state index contributed by atoms with van der Waals surface area (Å²) in [4.78, 5) is 0. The number of rotatable bonds is 9. The molecule has 0 radical (unpaired) electrons. The number of benzene rings is 3. The Morgan fingerprint density at radius 1 is 0.719 bits per heavy atom. The lowest BCUT2D eigenvalue weighted by atomic mass is 9.84. The first-order chi connectivity index (χ1) is 15.8. The van der Waals surface area contributed by atoms with Crippen molar-refractivity contribution < 1.29 is 0 Å². The summed E-state index contributed by atoms with van der Waals surface area (Å²) in [7, 11) is 0. The van der Waals surface area contributed by atoms with Crippen LogP contribution < -0.4 is 11.1 Å². The van der Waals surface area contributed by atoms with Crippen molar-refractivity contribution in [1.29, 1.82) is 0 Å². The fourth-order valence-electron chi connectivity index (χ4n) is 4.86. The molecule has 1 saturated carbocycles. The van der Waals surface area contributed by atoms with E-state index in [2.05, 4.69) is 96.3 Å². The van der Waals surface area contributed by atoms with Crippen molar-refractivity contribution in [1.82, 2.24) is 5.32 Å². The molecule has 1 aliphatic rings. The summed E-state index contributed by atoms with van der Waals surface area (Å²) >= 11 is 1.96. The van der Waals surface area contributed by atoms with Gasteiger partial charge < -0.3 is 11.1 Å². The van der Waals surface area contributed by atoms with Crippen LogP contribution in [0.1, 0.15) is 55.2 Å². The highest BCUT2D eigenvalue weighted by Crippen LogP contribution is 2.48. The molecular weight excluding hydrogens is 408 g/mol. The summed E-state index contributed by atoms with van der Waals surface area (Å²) in [5.41, 5.74) is 10.6. The molecule has 168 valence electrons. The molecule has 2 nitrogen and oxygen atoms in total. The number of nitrogens with two attached hydrogens (primary N) is 1. The van der Waals surface area contributed by atoms with Gasteiger partial charge in [-0.2, -0.15) is 0 Å². The highest BCUT2D eigenvalue weighted by atomic mass is 32.2. The van der Waals surface area contributed by atoms with Crippen molar-refractivity contribution in [2.24, 2.45) is 5.73 Å². The normalized spacial score (nSPS) is 16.4. The van der Waals surface area contributed by atoms with Crippen LogP contribution in [0.2, 0.25) is 0 Å². The van der Waals surface area contributed by atoms with Gasteiger partial charge in [0.05, 0.1) is 4.75 Å². The third-order valence-corrected chi connectivity index (χ3v) is 8.31. The van der Waals surface area contributed by atoms with Crippen LogP contribution in [0.15, 0.2) is 91.0 Å². The van der Waals surface area contributed by atoms with Gasteiger partial charge in [0.2, 0.25) is 0 Å². The van der Waals surface area contributed by atoms with Gasteiger partial charge in [0.1, 0.15) is 0 Å². The maximum absolute atomic E-state index is 6.69. The third kappa shape index (κ3) is 5.64. The molecule has 0 spiro atoms. The molecule has 0 bridgehead atoms. The molecule has 1 atom stereocenters. The van der Waals surface area contributed by atoms with Crippen LogP contribution >= 0.6 is 11.8 Å². The molecule has 32 heavy (non-hydrogen) atoms. The first-order valence-electron chi connectivity index (χ1n) is 12.1. The van der Waals surface area contributed by atoms with Crippen LogP contribution in [0, 0.1) is 0 Å². The highest BCUT2D eigenvalue weighted by Gasteiger charge is 2.37. The Kier molecular flexibility index (Phi) is 8.44. The summed E-state index contributed by atoms with van der Waals surface area (Å²) in [5, 5.41) is 3.78. The zero-order chi connectivity index (χ0) is 22.1. The van der Waals surface area contributed by atoms with Crippen LogP contribution in [0.25, 0.3) is 0 Å². The quantitative estimate of drug-likeness (QED) is 0.298. The second-order valence-electron chi connectivity index (χ2n) is 8.95. The molecule has 0 amide bonds. The van der Waals surface area contributed by atoms with Crippen LogP contribution in [0.3, 0.4) is 0 Å². The Hall–Kier alpha value is -2.07. The molecule has 0 saturated heterocycles. The Labute approximate surface area is 198 Å². The van der Waals surface area contributed by atoms with E-state index in [1.807, 2.05) is 11.8 Å². The topological polar surface area (TPSA) is 38.0 Å². The van der Waals surface area contributed by atoms with Crippen LogP contribution in [0.4, 0.5) is 0 Å². The summed E-state index contributed by atoms with van der Waals surface area (Å²) in [5.74, 6) is 0.887. The fraction of sp³-hybridized carbons (Fsp3) is 0.379. The van der Waals surface area contributed by atoms with Gasteiger partial charge in [0.25, 0.3) is 0 Å². The smallest absolute Gasteiger partial charge is 0.0907 e. The monoisotopic (exact) mass is 444 g/mol. The first-order valence-corrected chi connectivity index (χ1v) is 13.1. The second kappa shape index (κ2) is 11.7. The number of nitrogens with one attached hydrogen (secondary N) is 1. The lowest BCUT2D eigenvalue weighted by Crippen LogP contribution is -2.41. The van der Waals surface area contributed by atoms with E-state index < -0.39 is 0 Å². The molecular formula is C29H36N2S. The lowest BCUT2D eigenvalue weighted by molar-refractivity contribution is 0.446. The standard InChI is InChI=1S/C29H36N2S/c30-27(22-31-28-20-12-1-2-13-21-28)23-32-29(24-14-6-3-7-15-24,25-16-8-4-9-17-25)26-18-10-5-11-19-26/h3-11,14-19,27-28,31H,1-2,12-13,20-23,30H2. The van der Waals surface area contributed by atoms with E-state index in [0.717, 1.165) is 12.3 Å². The van der Waals surface area contributed by atoms with Crippen molar-refractivity contribution in [2.75, 3.05) is 12.3 Å². The molecule has 0 aliphatic heterocycles. The predicted molar refractivity (Wildman–Crippen MR) is 139 cm³/mol. The molecule has 4 rings (SSSR count). The van der Waals surface area contributed by atoms with E-state index in [-0.39, 0.29) is 10.8 Å². The van der Waals surface area contributed by atoms with Gasteiger partial charge in [-0.15, -0.1) is 11.8 Å². The molecule has 0 heterocycles. The van der Waals surface area contributed by atoms with Crippen molar-refractivity contribution in [3.05, 3.63) is 108 Å². The Morgan fingerprint density at radius 3 is 1.59 bits per heavy atom. The molecule has 1 fully saturated rings. The second-order valence-corrected chi connectivity index (χ2v) is 10.2. The molecule has 3 aromatic carbocycles. The van der Waals surface area contributed by atoms with Crippen molar-refractivity contribution in [3.63, 3.8) is 0 Å². The van der Waals surface area contributed by atoms with Gasteiger partial charge in [-0.25, -0.2) is 0 Å². The average Bonchev–Trinajstić information content (AvgIpc) is 3.14. The van der Waals surface area contributed by atoms with Crippen LogP contribution in [-0.2, 0) is 4.75 Å². The molecule has 0 aromatic heterocycles. The number of hydrogen-bond donors (Lipinski definition) is 2. The van der Waals surface area contributed by atoms with Crippen LogP contribution in [0.5, 0.6) is 0 Å². The summed E-state index contributed by atoms with van der Waals surface area (Å²) < 4.78 is -0.288. The Bertz CT molecular complexity index is 809. The molecule has 3 N–H and O–H groups in total. The molecule has 1 unspecified atom stereocenters. The predicted octanol–water partition coefficient (Wildman–Crippen LogP) is 6.35. The van der Waals surface area contributed by atoms with Gasteiger partial charge in [0, 0.05) is 24.4 Å². The minimum absolute atomic E-state index is 0.110. The zero-order valence-corrected chi connectivity index (χ0v) is 19.8. The SMILES string of the molecule is NC(CNC1CCCCCC1)CSC(c1ccccc1)(c1ccccc1)c1ccccc1. The Balaban J connectivity index is 1.58. The minimum Gasteiger partial charge on any atom is -0.326 e. The van der Waals surface area contributed by atoms with Gasteiger partial charge in [-0.1, -0.05) is 117 Å². The van der Waals surface area contributed by atoms with E-state index in [0.29, 0.717) is 6.04 Å². The van der Waals surface area contributed by atoms with E-state index >= 15 is 0 Å². The van der Waals surface area contributed by atoms with Gasteiger partial charge in [0.15, 0.2) is 0 Å².